The summed E-state index contributed by atoms with van der Waals surface area (Å²) in [5, 5.41) is 0. The molecule has 2 nitrogen and oxygen atoms in total. The summed E-state index contributed by atoms with van der Waals surface area (Å²) in [5.74, 6) is -0.252. The van der Waals surface area contributed by atoms with E-state index >= 15 is 0 Å². The van der Waals surface area contributed by atoms with Crippen LogP contribution in [-0.4, -0.2) is 12.6 Å². The minimum Gasteiger partial charge on any atom is -0.461 e. The molecule has 0 aliphatic heterocycles. The van der Waals surface area contributed by atoms with Crippen molar-refractivity contribution in [2.75, 3.05) is 6.61 Å². The number of hydrogen-bond acceptors (Lipinski definition) is 2. The van der Waals surface area contributed by atoms with E-state index in [1.165, 1.54) is 18.1 Å². The van der Waals surface area contributed by atoms with Crippen LogP contribution in [0, 0.1) is 0 Å². The van der Waals surface area contributed by atoms with Crippen LogP contribution in [0.1, 0.15) is 44.4 Å². The van der Waals surface area contributed by atoms with Crippen LogP contribution in [0.15, 0.2) is 60.2 Å². The predicted octanol–water partition coefficient (Wildman–Crippen LogP) is 5.17. The normalized spacial score (nSPS) is 12.1. The molecular formula is C22H26O2. The molecule has 0 amide bonds. The Labute approximate surface area is 145 Å². The van der Waals surface area contributed by atoms with Crippen LogP contribution in [0.25, 0.3) is 6.08 Å². The van der Waals surface area contributed by atoms with E-state index in [1.54, 1.807) is 0 Å². The number of benzene rings is 2. The average Bonchev–Trinajstić information content (AvgIpc) is 2.53. The minimum atomic E-state index is -0.252. The van der Waals surface area contributed by atoms with E-state index in [-0.39, 0.29) is 11.4 Å². The highest BCUT2D eigenvalue weighted by Crippen LogP contribution is 2.24. The predicted molar refractivity (Wildman–Crippen MR) is 99.9 cm³/mol. The molecule has 0 atom stereocenters. The standard InChI is InChI=1S/C22H26O2/c1-17(23)24-16-20(13-18-9-6-5-7-10-18)14-19-11-8-12-21(15-19)22(2,3)4/h5-12,14-15H,13,16H2,1-4H3. The van der Waals surface area contributed by atoms with E-state index < -0.39 is 0 Å². The molecule has 0 saturated heterocycles. The van der Waals surface area contributed by atoms with Crippen molar-refractivity contribution < 1.29 is 9.53 Å². The fourth-order valence-electron chi connectivity index (χ4n) is 2.53. The lowest BCUT2D eigenvalue weighted by atomic mass is 9.86. The van der Waals surface area contributed by atoms with Crippen LogP contribution in [0.4, 0.5) is 0 Å². The zero-order valence-corrected chi connectivity index (χ0v) is 15.0. The van der Waals surface area contributed by atoms with Crippen molar-refractivity contribution in [1.82, 2.24) is 0 Å². The number of ether oxygens (including phenoxy) is 1. The van der Waals surface area contributed by atoms with Gasteiger partial charge in [0.05, 0.1) is 0 Å². The van der Waals surface area contributed by atoms with E-state index in [9.17, 15) is 4.79 Å². The summed E-state index contributed by atoms with van der Waals surface area (Å²) >= 11 is 0. The molecule has 0 unspecified atom stereocenters. The smallest absolute Gasteiger partial charge is 0.302 e. The summed E-state index contributed by atoms with van der Waals surface area (Å²) in [5.41, 5.74) is 4.84. The van der Waals surface area contributed by atoms with Gasteiger partial charge < -0.3 is 4.74 Å². The Bertz CT molecular complexity index is 706. The van der Waals surface area contributed by atoms with Gasteiger partial charge >= 0.3 is 5.97 Å². The quantitative estimate of drug-likeness (QED) is 0.710. The highest BCUT2D eigenvalue weighted by atomic mass is 16.5. The van der Waals surface area contributed by atoms with Crippen LogP contribution in [0.3, 0.4) is 0 Å². The van der Waals surface area contributed by atoms with Crippen molar-refractivity contribution in [3.05, 3.63) is 76.9 Å². The molecule has 24 heavy (non-hydrogen) atoms. The highest BCUT2D eigenvalue weighted by Gasteiger charge is 2.13. The van der Waals surface area contributed by atoms with E-state index in [2.05, 4.69) is 63.2 Å². The van der Waals surface area contributed by atoms with Gasteiger partial charge in [-0.25, -0.2) is 0 Å². The lowest BCUT2D eigenvalue weighted by molar-refractivity contribution is -0.139. The molecule has 2 heteroatoms. The first kappa shape index (κ1) is 18.0. The van der Waals surface area contributed by atoms with Gasteiger partial charge in [-0.3, -0.25) is 4.79 Å². The fraction of sp³-hybridized carbons (Fsp3) is 0.318. The molecule has 0 aliphatic rings. The monoisotopic (exact) mass is 322 g/mol. The summed E-state index contributed by atoms with van der Waals surface area (Å²) < 4.78 is 5.24. The van der Waals surface area contributed by atoms with E-state index in [0.717, 1.165) is 17.6 Å². The van der Waals surface area contributed by atoms with Crippen molar-refractivity contribution in [3.8, 4) is 0 Å². The molecule has 0 N–H and O–H groups in total. The van der Waals surface area contributed by atoms with Crippen molar-refractivity contribution in [3.63, 3.8) is 0 Å². The molecule has 0 radical (unpaired) electrons. The first-order chi connectivity index (χ1) is 11.3. The second-order valence-corrected chi connectivity index (χ2v) is 7.12. The Morgan fingerprint density at radius 2 is 1.75 bits per heavy atom. The summed E-state index contributed by atoms with van der Waals surface area (Å²) in [7, 11) is 0. The van der Waals surface area contributed by atoms with E-state index in [1.807, 2.05) is 18.2 Å². The van der Waals surface area contributed by atoms with Crippen LogP contribution in [-0.2, 0) is 21.4 Å². The zero-order valence-electron chi connectivity index (χ0n) is 15.0. The van der Waals surface area contributed by atoms with Gasteiger partial charge in [-0.15, -0.1) is 0 Å². The first-order valence-electron chi connectivity index (χ1n) is 8.32. The average molecular weight is 322 g/mol. The lowest BCUT2D eigenvalue weighted by Crippen LogP contribution is -2.11. The molecule has 2 aromatic rings. The van der Waals surface area contributed by atoms with Gasteiger partial charge in [-0.1, -0.05) is 81.4 Å². The van der Waals surface area contributed by atoms with Gasteiger partial charge in [0.25, 0.3) is 0 Å². The first-order valence-corrected chi connectivity index (χ1v) is 8.32. The highest BCUT2D eigenvalue weighted by molar-refractivity contribution is 5.66. The number of rotatable bonds is 5. The third-order valence-corrected chi connectivity index (χ3v) is 3.86. The Balaban J connectivity index is 2.28. The van der Waals surface area contributed by atoms with Gasteiger partial charge in [0.2, 0.25) is 0 Å². The van der Waals surface area contributed by atoms with E-state index in [4.69, 9.17) is 4.74 Å². The Morgan fingerprint density at radius 3 is 2.38 bits per heavy atom. The molecule has 0 bridgehead atoms. The fourth-order valence-corrected chi connectivity index (χ4v) is 2.53. The molecule has 0 spiro atoms. The topological polar surface area (TPSA) is 26.3 Å². The third-order valence-electron chi connectivity index (χ3n) is 3.86. The maximum atomic E-state index is 11.2. The lowest BCUT2D eigenvalue weighted by Gasteiger charge is -2.19. The van der Waals surface area contributed by atoms with Crippen LogP contribution in [0.2, 0.25) is 0 Å². The number of hydrogen-bond donors (Lipinski definition) is 0. The minimum absolute atomic E-state index is 0.110. The van der Waals surface area contributed by atoms with Gasteiger partial charge in [0.1, 0.15) is 6.61 Å². The Kier molecular flexibility index (Phi) is 5.97. The third kappa shape index (κ3) is 5.69. The molecule has 0 aromatic heterocycles. The van der Waals surface area contributed by atoms with Crippen molar-refractivity contribution in [1.29, 1.82) is 0 Å². The van der Waals surface area contributed by atoms with Crippen LogP contribution >= 0.6 is 0 Å². The molecule has 126 valence electrons. The molecule has 0 saturated carbocycles. The maximum Gasteiger partial charge on any atom is 0.302 e. The van der Waals surface area contributed by atoms with E-state index in [0.29, 0.717) is 6.61 Å². The van der Waals surface area contributed by atoms with Gasteiger partial charge in [-0.2, -0.15) is 0 Å². The van der Waals surface area contributed by atoms with Crippen molar-refractivity contribution in [2.45, 2.75) is 39.5 Å². The van der Waals surface area contributed by atoms with Gasteiger partial charge in [-0.05, 0) is 34.1 Å². The molecule has 0 fully saturated rings. The van der Waals surface area contributed by atoms with Crippen LogP contribution in [0.5, 0.6) is 0 Å². The SMILES string of the molecule is CC(=O)OCC(=Cc1cccc(C(C)(C)C)c1)Cc1ccccc1. The maximum absolute atomic E-state index is 11.2. The summed E-state index contributed by atoms with van der Waals surface area (Å²) in [6, 6.07) is 18.8. The largest absolute Gasteiger partial charge is 0.461 e. The summed E-state index contributed by atoms with van der Waals surface area (Å²) in [6.07, 6.45) is 2.90. The molecule has 2 aromatic carbocycles. The van der Waals surface area contributed by atoms with Gasteiger partial charge in [0.15, 0.2) is 0 Å². The van der Waals surface area contributed by atoms with Crippen molar-refractivity contribution >= 4 is 12.0 Å². The zero-order chi connectivity index (χ0) is 17.6. The molecular weight excluding hydrogens is 296 g/mol. The summed E-state index contributed by atoms with van der Waals surface area (Å²) in [6.45, 7) is 8.39. The molecule has 2 rings (SSSR count). The number of carbonyl (C=O) groups excluding carboxylic acids is 1. The van der Waals surface area contributed by atoms with Crippen LogP contribution < -0.4 is 0 Å². The Hall–Kier alpha value is -2.35. The molecule has 0 heterocycles. The summed E-state index contributed by atoms with van der Waals surface area (Å²) in [4.78, 5) is 11.2. The Morgan fingerprint density at radius 1 is 1.04 bits per heavy atom. The second kappa shape index (κ2) is 7.96. The molecule has 0 aliphatic carbocycles. The van der Waals surface area contributed by atoms with Crippen molar-refractivity contribution in [2.24, 2.45) is 0 Å². The van der Waals surface area contributed by atoms with Gasteiger partial charge in [0, 0.05) is 6.92 Å². The second-order valence-electron chi connectivity index (χ2n) is 7.12. The number of esters is 1. The number of carbonyl (C=O) groups is 1.